The van der Waals surface area contributed by atoms with E-state index in [0.717, 1.165) is 13.8 Å². The molecule has 0 rings (SSSR count). The maximum Gasteiger partial charge on any atom is 0.516 e. The van der Waals surface area contributed by atoms with Gasteiger partial charge in [-0.1, -0.05) is 20.3 Å². The van der Waals surface area contributed by atoms with Gasteiger partial charge in [-0.15, -0.1) is 0 Å². The molecule has 0 aromatic heterocycles. The number of methoxy groups -OCH3 is 1. The van der Waals surface area contributed by atoms with E-state index in [-0.39, 0.29) is 26.3 Å². The fourth-order valence-corrected chi connectivity index (χ4v) is 6.20. The van der Waals surface area contributed by atoms with E-state index in [0.29, 0.717) is 6.61 Å². The molecule has 11 amide bonds. The second-order valence-electron chi connectivity index (χ2n) is 18.2. The molecule has 0 spiro atoms. The molecule has 41 nitrogen and oxygen atoms in total. The minimum absolute atomic E-state index is 0.0297. The van der Waals surface area contributed by atoms with Crippen molar-refractivity contribution in [3.63, 3.8) is 0 Å². The van der Waals surface area contributed by atoms with Gasteiger partial charge in [-0.05, 0) is 13.8 Å². The van der Waals surface area contributed by atoms with Crippen LogP contribution in [0, 0.1) is 0 Å². The molecule has 0 aliphatic rings. The Morgan fingerprint density at radius 3 is 1.25 bits per heavy atom. The first-order chi connectivity index (χ1) is 43.6. The Balaban J connectivity index is 0. The molecule has 41 heteroatoms. The van der Waals surface area contributed by atoms with E-state index in [9.17, 15) is 86.6 Å². The van der Waals surface area contributed by atoms with Crippen LogP contribution in [0.5, 0.6) is 0 Å². The van der Waals surface area contributed by atoms with E-state index in [2.05, 4.69) is 95.4 Å². The van der Waals surface area contributed by atoms with Gasteiger partial charge in [0, 0.05) is 39.6 Å². The van der Waals surface area contributed by atoms with Gasteiger partial charge in [-0.25, -0.2) is 33.6 Å². The molecule has 0 saturated carbocycles. The highest BCUT2D eigenvalue weighted by molar-refractivity contribution is 5.99. The van der Waals surface area contributed by atoms with Crippen molar-refractivity contribution in [2.75, 3.05) is 112 Å². The Kier molecular flexibility index (Phi) is 47.2. The molecule has 0 aromatic rings. The van der Waals surface area contributed by atoms with Crippen molar-refractivity contribution in [1.29, 1.82) is 0 Å². The predicted molar refractivity (Wildman–Crippen MR) is 302 cm³/mol. The van der Waals surface area contributed by atoms with Gasteiger partial charge in [0.2, 0.25) is 59.1 Å². The fraction of sp³-hybridized carbons (Fsp3) is 0.667. The van der Waals surface area contributed by atoms with Crippen molar-refractivity contribution in [2.45, 2.75) is 109 Å². The molecule has 0 fully saturated rings. The number of carbonyl (C=O) groups is 17. The number of primary amides is 1. The zero-order valence-corrected chi connectivity index (χ0v) is 51.2. The van der Waals surface area contributed by atoms with E-state index in [1.165, 1.54) is 13.5 Å². The molecule has 0 heterocycles. The van der Waals surface area contributed by atoms with Gasteiger partial charge < -0.3 is 122 Å². The lowest BCUT2D eigenvalue weighted by atomic mass is 10.1. The topological polar surface area (TPSA) is 601 Å². The zero-order chi connectivity index (χ0) is 70.0. The van der Waals surface area contributed by atoms with Crippen LogP contribution in [0.15, 0.2) is 0 Å². The lowest BCUT2D eigenvalue weighted by Gasteiger charge is -2.24. The molecule has 6 unspecified atom stereocenters. The lowest BCUT2D eigenvalue weighted by molar-refractivity contribution is -0.165. The Labute approximate surface area is 525 Å². The van der Waals surface area contributed by atoms with Crippen molar-refractivity contribution in [2.24, 2.45) is 5.73 Å². The van der Waals surface area contributed by atoms with Gasteiger partial charge in [0.25, 0.3) is 0 Å². The molecule has 0 aliphatic heterocycles. The molecular formula is C51H83N11O30. The summed E-state index contributed by atoms with van der Waals surface area (Å²) in [6.45, 7) is -0.580. The number of rotatable bonds is 44. The number of esters is 4. The average Bonchev–Trinajstić information content (AvgIpc) is 1.63. The fourth-order valence-electron chi connectivity index (χ4n) is 6.20. The lowest BCUT2D eigenvalue weighted by Crippen LogP contribution is -2.57. The summed E-state index contributed by atoms with van der Waals surface area (Å²) in [6.07, 6.45) is -11.5. The number of hydrogen-bond acceptors (Lipinski definition) is 30. The second-order valence-corrected chi connectivity index (χ2v) is 18.2. The van der Waals surface area contributed by atoms with Gasteiger partial charge in [0.1, 0.15) is 57.2 Å². The zero-order valence-electron chi connectivity index (χ0n) is 51.2. The van der Waals surface area contributed by atoms with Gasteiger partial charge in [-0.2, -0.15) is 0 Å². The molecule has 0 saturated heterocycles. The first-order valence-corrected chi connectivity index (χ1v) is 28.0. The summed E-state index contributed by atoms with van der Waals surface area (Å²) in [7, 11) is 1.46. The van der Waals surface area contributed by atoms with E-state index < -0.39 is 249 Å². The maximum absolute atomic E-state index is 13.9. The number of carbonyl (C=O) groups excluding carboxylic acids is 17. The molecule has 0 aromatic carbocycles. The Hall–Kier alpha value is -9.45. The van der Waals surface area contributed by atoms with Crippen LogP contribution in [0.25, 0.3) is 0 Å². The Bertz CT molecular complexity index is 2440. The SMILES string of the molecule is CCC.COCCOCCNC(=O)OCCNC(=O)CC(NC(=O)CC(NC(=O)CC(NC(=O)CCC(=O)NCCO)C(=O)NCCOC(=O)OC(=O)C(C)OC(=O)CO)C(=O)NCCO)C(=O)NC(CC(N)=O)C(=O)NCCOC(=O)OC(=O)C(C)OC(=O)CO. The first kappa shape index (κ1) is 84.6. The summed E-state index contributed by atoms with van der Waals surface area (Å²) in [4.78, 5) is 214. The molecule has 16 N–H and O–H groups in total. The van der Waals surface area contributed by atoms with Crippen LogP contribution in [-0.2, 0) is 110 Å². The van der Waals surface area contributed by atoms with Crippen LogP contribution in [0.3, 0.4) is 0 Å². The van der Waals surface area contributed by atoms with Crippen molar-refractivity contribution in [3.05, 3.63) is 0 Å². The van der Waals surface area contributed by atoms with Crippen LogP contribution in [-0.4, -0.2) is 271 Å². The van der Waals surface area contributed by atoms with Crippen LogP contribution >= 0.6 is 0 Å². The van der Waals surface area contributed by atoms with Crippen molar-refractivity contribution in [1.82, 2.24) is 53.2 Å². The first-order valence-electron chi connectivity index (χ1n) is 28.0. The molecular weight excluding hydrogens is 1250 g/mol. The third-order valence-electron chi connectivity index (χ3n) is 10.3. The molecule has 0 radical (unpaired) electrons. The summed E-state index contributed by atoms with van der Waals surface area (Å²) in [5, 5.41) is 58.0. The van der Waals surface area contributed by atoms with Crippen molar-refractivity contribution >= 4 is 101 Å². The number of ether oxygens (including phenoxy) is 9. The number of nitrogens with two attached hydrogens (primary N) is 1. The van der Waals surface area contributed by atoms with Crippen LogP contribution in [0.1, 0.15) is 72.6 Å². The van der Waals surface area contributed by atoms with Gasteiger partial charge in [0.15, 0.2) is 12.2 Å². The highest BCUT2D eigenvalue weighted by Gasteiger charge is 2.33. The average molecular weight is 1330 g/mol. The number of nitrogens with one attached hydrogen (secondary N) is 10. The summed E-state index contributed by atoms with van der Waals surface area (Å²) < 4.78 is 42.0. The number of hydrogen-bond donors (Lipinski definition) is 15. The number of aliphatic hydroxyl groups excluding tert-OH is 4. The summed E-state index contributed by atoms with van der Waals surface area (Å²) >= 11 is 0. The Morgan fingerprint density at radius 2 is 0.793 bits per heavy atom. The highest BCUT2D eigenvalue weighted by atomic mass is 16.8. The second kappa shape index (κ2) is 51.3. The van der Waals surface area contributed by atoms with E-state index in [1.54, 1.807) is 0 Å². The number of amides is 11. The number of alkyl carbamates (subject to hydrolysis) is 1. The monoisotopic (exact) mass is 1330 g/mol. The minimum Gasteiger partial charge on any atom is -0.449 e. The molecule has 92 heavy (non-hydrogen) atoms. The summed E-state index contributed by atoms with van der Waals surface area (Å²) in [6, 6.07) is -7.85. The molecule has 522 valence electrons. The third kappa shape index (κ3) is 43.3. The van der Waals surface area contributed by atoms with Gasteiger partial charge >= 0.3 is 42.3 Å². The maximum atomic E-state index is 13.9. The number of aliphatic hydroxyl groups is 4. The largest absolute Gasteiger partial charge is 0.516 e. The summed E-state index contributed by atoms with van der Waals surface area (Å²) in [5.41, 5.74) is 5.31. The normalized spacial score (nSPS) is 12.3. The quantitative estimate of drug-likeness (QED) is 0.0117. The van der Waals surface area contributed by atoms with E-state index >= 15 is 0 Å². The van der Waals surface area contributed by atoms with Gasteiger partial charge in [0.05, 0.1) is 78.4 Å². The smallest absolute Gasteiger partial charge is 0.449 e. The standard InChI is InChI=1S/C48H75N11O30.C3H8/c1-26(86-38(70)24-62)44(76)88-47(79)84-16-10-53-40(72)28(20-32(49)64)59-43(75)31(21-35(67)51-9-15-83-46(78)55-8-14-82-19-18-81-3)58-37(69)23-30(41(73)52-7-13-61)57-36(68)22-29(56-34(66)5-4-33(65)50-6-12-60)42(74)54-11-17-85-48(80)89-45(77)27(2)87-39(71)25-63;1-3-2/h26-31,60-63H,4-25H2,1-3H3,(H2,49,64)(H,50,65)(H,51,67)(H,52,73)(H,53,72)(H,54,74)(H,55,78)(H,56,66)(H,57,68)(H,58,69)(H,59,75);3H2,1-2H3. The van der Waals surface area contributed by atoms with Crippen molar-refractivity contribution in [3.8, 4) is 0 Å². The highest BCUT2D eigenvalue weighted by Crippen LogP contribution is 2.05. The molecule has 6 atom stereocenters. The third-order valence-corrected chi connectivity index (χ3v) is 10.3. The van der Waals surface area contributed by atoms with Crippen LogP contribution < -0.4 is 58.9 Å². The van der Waals surface area contributed by atoms with Gasteiger partial charge in [-0.3, -0.25) is 47.9 Å². The minimum atomic E-state index is -2.06. The molecule has 0 aliphatic carbocycles. The van der Waals surface area contributed by atoms with E-state index in [4.69, 9.17) is 35.3 Å². The predicted octanol–water partition coefficient (Wildman–Crippen LogP) is -8.67. The van der Waals surface area contributed by atoms with Crippen molar-refractivity contribution < 1.29 is 145 Å². The summed E-state index contributed by atoms with van der Waals surface area (Å²) in [5.74, 6) is -16.8. The Morgan fingerprint density at radius 1 is 0.413 bits per heavy atom. The van der Waals surface area contributed by atoms with Crippen LogP contribution in [0.2, 0.25) is 0 Å². The molecule has 0 bridgehead atoms. The van der Waals surface area contributed by atoms with E-state index in [1.807, 2.05) is 0 Å². The van der Waals surface area contributed by atoms with Crippen LogP contribution in [0.4, 0.5) is 14.4 Å².